The average Bonchev–Trinajstić information content (AvgIpc) is 3.27. The number of nitrogens with zero attached hydrogens (tertiary/aromatic N) is 3. The van der Waals surface area contributed by atoms with Crippen LogP contribution in [0.3, 0.4) is 0 Å². The molecule has 0 radical (unpaired) electrons. The molecule has 0 saturated heterocycles. The van der Waals surface area contributed by atoms with Gasteiger partial charge in [-0.1, -0.05) is 76.7 Å². The zero-order chi connectivity index (χ0) is 25.4. The van der Waals surface area contributed by atoms with Gasteiger partial charge in [-0.25, -0.2) is 4.68 Å². The van der Waals surface area contributed by atoms with Crippen LogP contribution in [0.25, 0.3) is 27.8 Å². The maximum Gasteiger partial charge on any atom is 0.311 e. The zero-order valence-corrected chi connectivity index (χ0v) is 21.5. The van der Waals surface area contributed by atoms with E-state index in [0.29, 0.717) is 48.2 Å². The summed E-state index contributed by atoms with van der Waals surface area (Å²) in [6, 6.07) is 21.4. The van der Waals surface area contributed by atoms with Crippen LogP contribution in [0.5, 0.6) is 0 Å². The fraction of sp³-hybridized carbons (Fsp3) is 0.0741. The molecule has 0 bridgehead atoms. The summed E-state index contributed by atoms with van der Waals surface area (Å²) in [6.45, 7) is 0. The Bertz CT molecular complexity index is 1610. The topological polar surface area (TPSA) is 68.0 Å². The summed E-state index contributed by atoms with van der Waals surface area (Å²) in [7, 11) is 0. The maximum atomic E-state index is 12.4. The van der Waals surface area contributed by atoms with Gasteiger partial charge in [0, 0.05) is 28.6 Å². The molecule has 36 heavy (non-hydrogen) atoms. The fourth-order valence-corrected chi connectivity index (χ4v) is 4.96. The van der Waals surface area contributed by atoms with E-state index in [2.05, 4.69) is 4.98 Å². The van der Waals surface area contributed by atoms with Gasteiger partial charge in [-0.2, -0.15) is 5.10 Å². The molecule has 1 unspecified atom stereocenters. The molecule has 5 rings (SSSR count). The van der Waals surface area contributed by atoms with Crippen LogP contribution in [-0.4, -0.2) is 25.8 Å². The molecule has 0 aliphatic rings. The SMILES string of the molecule is O=C(O)C(Cc1cc(-c2ccc(Cl)c(Cl)c2)n(-c2ccc(Cl)cc2Cl)n1)c1cccc2cccnc12. The molecule has 0 spiro atoms. The Kier molecular flexibility index (Phi) is 6.91. The highest BCUT2D eigenvalue weighted by Gasteiger charge is 2.26. The number of hydrogen-bond donors (Lipinski definition) is 1. The first kappa shape index (κ1) is 24.6. The van der Waals surface area contributed by atoms with Gasteiger partial charge in [0.1, 0.15) is 0 Å². The van der Waals surface area contributed by atoms with Crippen molar-refractivity contribution in [2.75, 3.05) is 0 Å². The smallest absolute Gasteiger partial charge is 0.311 e. The van der Waals surface area contributed by atoms with Crippen LogP contribution >= 0.6 is 46.4 Å². The molecule has 2 heterocycles. The molecule has 1 N–H and O–H groups in total. The third-order valence-electron chi connectivity index (χ3n) is 5.86. The van der Waals surface area contributed by atoms with Gasteiger partial charge in [-0.3, -0.25) is 9.78 Å². The quantitative estimate of drug-likeness (QED) is 0.229. The summed E-state index contributed by atoms with van der Waals surface area (Å²) in [6.07, 6.45) is 1.79. The van der Waals surface area contributed by atoms with E-state index >= 15 is 0 Å². The number of rotatable bonds is 6. The summed E-state index contributed by atoms with van der Waals surface area (Å²) in [5.41, 5.74) is 3.84. The normalized spacial score (nSPS) is 12.1. The van der Waals surface area contributed by atoms with Crippen LogP contribution < -0.4 is 0 Å². The van der Waals surface area contributed by atoms with Crippen molar-refractivity contribution in [3.8, 4) is 16.9 Å². The van der Waals surface area contributed by atoms with Gasteiger partial charge < -0.3 is 5.11 Å². The number of pyridine rings is 1. The number of carboxylic acids is 1. The molecule has 5 aromatic rings. The summed E-state index contributed by atoms with van der Waals surface area (Å²) < 4.78 is 1.66. The third kappa shape index (κ3) is 4.80. The van der Waals surface area contributed by atoms with E-state index in [1.54, 1.807) is 47.3 Å². The van der Waals surface area contributed by atoms with Gasteiger partial charge in [0.25, 0.3) is 0 Å². The van der Waals surface area contributed by atoms with Crippen LogP contribution in [0.1, 0.15) is 17.2 Å². The van der Waals surface area contributed by atoms with E-state index in [1.807, 2.05) is 36.4 Å². The molecule has 5 nitrogen and oxygen atoms in total. The first-order chi connectivity index (χ1) is 17.3. The van der Waals surface area contributed by atoms with Crippen LogP contribution in [0.4, 0.5) is 0 Å². The summed E-state index contributed by atoms with van der Waals surface area (Å²) >= 11 is 25.0. The molecule has 0 amide bonds. The summed E-state index contributed by atoms with van der Waals surface area (Å²) in [5, 5.41) is 17.5. The van der Waals surface area contributed by atoms with Gasteiger partial charge in [-0.05, 0) is 48.0 Å². The Morgan fingerprint density at radius 3 is 2.44 bits per heavy atom. The predicted octanol–water partition coefficient (Wildman–Crippen LogP) is 8.11. The van der Waals surface area contributed by atoms with E-state index in [9.17, 15) is 9.90 Å². The molecular weight excluding hydrogens is 540 g/mol. The van der Waals surface area contributed by atoms with Crippen molar-refractivity contribution in [3.05, 3.63) is 110 Å². The number of fused-ring (bicyclic) bond motifs is 1. The molecule has 2 aromatic heterocycles. The second kappa shape index (κ2) is 10.1. The van der Waals surface area contributed by atoms with Crippen LogP contribution in [0, 0.1) is 0 Å². The van der Waals surface area contributed by atoms with Gasteiger partial charge >= 0.3 is 5.97 Å². The van der Waals surface area contributed by atoms with Crippen LogP contribution in [-0.2, 0) is 11.2 Å². The first-order valence-corrected chi connectivity index (χ1v) is 12.4. The van der Waals surface area contributed by atoms with Crippen LogP contribution in [0.15, 0.2) is 79.0 Å². The molecule has 1 atom stereocenters. The molecule has 0 aliphatic heterocycles. The molecule has 9 heteroatoms. The minimum Gasteiger partial charge on any atom is -0.481 e. The second-order valence-electron chi connectivity index (χ2n) is 8.17. The number of benzene rings is 3. The molecule has 3 aromatic carbocycles. The Hall–Kier alpha value is -3.09. The van der Waals surface area contributed by atoms with Crippen molar-refractivity contribution in [3.63, 3.8) is 0 Å². The number of aliphatic carboxylic acids is 1. The number of para-hydroxylation sites is 1. The van der Waals surface area contributed by atoms with Gasteiger partial charge in [0.05, 0.1) is 43.6 Å². The third-order valence-corrected chi connectivity index (χ3v) is 7.14. The largest absolute Gasteiger partial charge is 0.481 e. The number of carboxylic acid groups (broad SMARTS) is 1. The van der Waals surface area contributed by atoms with Crippen molar-refractivity contribution in [1.82, 2.24) is 14.8 Å². The summed E-state index contributed by atoms with van der Waals surface area (Å²) in [4.78, 5) is 16.9. The van der Waals surface area contributed by atoms with Crippen molar-refractivity contribution in [2.24, 2.45) is 0 Å². The van der Waals surface area contributed by atoms with E-state index in [0.717, 1.165) is 10.9 Å². The Balaban J connectivity index is 1.64. The molecule has 0 fully saturated rings. The first-order valence-electron chi connectivity index (χ1n) is 10.9. The minimum absolute atomic E-state index is 0.136. The highest BCUT2D eigenvalue weighted by molar-refractivity contribution is 6.42. The molecular formula is C27H17Cl4N3O2. The lowest BCUT2D eigenvalue weighted by Gasteiger charge is -2.13. The van der Waals surface area contributed by atoms with E-state index in [-0.39, 0.29) is 6.42 Å². The highest BCUT2D eigenvalue weighted by Crippen LogP contribution is 2.34. The lowest BCUT2D eigenvalue weighted by Crippen LogP contribution is -2.15. The predicted molar refractivity (Wildman–Crippen MR) is 145 cm³/mol. The lowest BCUT2D eigenvalue weighted by molar-refractivity contribution is -0.138. The average molecular weight is 557 g/mol. The number of carbonyl (C=O) groups is 1. The second-order valence-corrected chi connectivity index (χ2v) is 9.83. The van der Waals surface area contributed by atoms with Crippen molar-refractivity contribution in [2.45, 2.75) is 12.3 Å². The Morgan fingerprint density at radius 1 is 0.889 bits per heavy atom. The maximum absolute atomic E-state index is 12.4. The zero-order valence-electron chi connectivity index (χ0n) is 18.5. The van der Waals surface area contributed by atoms with Gasteiger partial charge in [0.2, 0.25) is 0 Å². The van der Waals surface area contributed by atoms with Crippen molar-refractivity contribution < 1.29 is 9.90 Å². The lowest BCUT2D eigenvalue weighted by atomic mass is 9.92. The Morgan fingerprint density at radius 2 is 1.69 bits per heavy atom. The number of hydrogen-bond acceptors (Lipinski definition) is 3. The van der Waals surface area contributed by atoms with E-state index < -0.39 is 11.9 Å². The van der Waals surface area contributed by atoms with Crippen LogP contribution in [0.2, 0.25) is 20.1 Å². The van der Waals surface area contributed by atoms with Gasteiger partial charge in [-0.15, -0.1) is 0 Å². The number of aromatic nitrogens is 3. The summed E-state index contributed by atoms with van der Waals surface area (Å²) in [5.74, 6) is -1.84. The van der Waals surface area contributed by atoms with Gasteiger partial charge in [0.15, 0.2) is 0 Å². The molecule has 0 saturated carbocycles. The minimum atomic E-state index is -0.969. The number of halogens is 4. The highest BCUT2D eigenvalue weighted by atomic mass is 35.5. The van der Waals surface area contributed by atoms with Crippen molar-refractivity contribution >= 4 is 63.3 Å². The van der Waals surface area contributed by atoms with E-state index in [4.69, 9.17) is 51.5 Å². The standard InChI is InChI=1S/C27H17Cl4N3O2/c28-17-7-9-24(23(31)12-17)34-25(16-6-8-21(29)22(30)11-16)14-18(33-34)13-20(27(35)36)19-5-1-3-15-4-2-10-32-26(15)19/h1-12,14,20H,13H2,(H,35,36). The van der Waals surface area contributed by atoms with Crippen molar-refractivity contribution in [1.29, 1.82) is 0 Å². The van der Waals surface area contributed by atoms with E-state index in [1.165, 1.54) is 0 Å². The Labute approximate surface area is 226 Å². The fourth-order valence-electron chi connectivity index (χ4n) is 4.18. The molecule has 0 aliphatic carbocycles. The molecule has 180 valence electrons. The monoisotopic (exact) mass is 555 g/mol.